The molecular weight excluding hydrogens is 356 g/mol. The molecule has 0 spiro atoms. The van der Waals surface area contributed by atoms with Crippen LogP contribution in [0.15, 0.2) is 42.5 Å². The summed E-state index contributed by atoms with van der Waals surface area (Å²) < 4.78 is 10.6. The zero-order chi connectivity index (χ0) is 18.9. The van der Waals surface area contributed by atoms with E-state index in [1.165, 1.54) is 6.92 Å². The summed E-state index contributed by atoms with van der Waals surface area (Å²) in [6.45, 7) is 2.27. The second-order valence-electron chi connectivity index (χ2n) is 5.50. The highest BCUT2D eigenvalue weighted by molar-refractivity contribution is 6.32. The molecule has 0 aromatic heterocycles. The summed E-state index contributed by atoms with van der Waals surface area (Å²) in [7, 11) is 1.58. The molecular formula is C19H21ClN2O4. The number of hydrogen-bond acceptors (Lipinski definition) is 5. The molecule has 0 saturated carbocycles. The number of ether oxygens (including phenoxy) is 2. The second kappa shape index (κ2) is 9.79. The number of carbonyl (C=O) groups is 2. The largest absolute Gasteiger partial charge is 0.487 e. The second-order valence-corrected chi connectivity index (χ2v) is 5.90. The summed E-state index contributed by atoms with van der Waals surface area (Å²) in [5, 5.41) is 6.20. The van der Waals surface area contributed by atoms with Crippen LogP contribution in [0.25, 0.3) is 0 Å². The molecule has 0 aliphatic heterocycles. The molecule has 2 aromatic carbocycles. The predicted molar refractivity (Wildman–Crippen MR) is 102 cm³/mol. The lowest BCUT2D eigenvalue weighted by molar-refractivity contribution is -0.114. The van der Waals surface area contributed by atoms with Gasteiger partial charge in [0.05, 0.1) is 23.9 Å². The fourth-order valence-corrected chi connectivity index (χ4v) is 2.45. The van der Waals surface area contributed by atoms with Crippen LogP contribution in [0.4, 0.5) is 11.4 Å². The quantitative estimate of drug-likeness (QED) is 0.516. The normalized spacial score (nSPS) is 10.3. The fraction of sp³-hybridized carbons (Fsp3) is 0.263. The van der Waals surface area contributed by atoms with Gasteiger partial charge >= 0.3 is 0 Å². The van der Waals surface area contributed by atoms with E-state index in [4.69, 9.17) is 21.1 Å². The van der Waals surface area contributed by atoms with Gasteiger partial charge in [0.15, 0.2) is 11.5 Å². The lowest BCUT2D eigenvalue weighted by Crippen LogP contribution is -2.22. The Morgan fingerprint density at radius 3 is 2.62 bits per heavy atom. The van der Waals surface area contributed by atoms with Crippen molar-refractivity contribution in [3.63, 3.8) is 0 Å². The van der Waals surface area contributed by atoms with Crippen molar-refractivity contribution in [1.82, 2.24) is 0 Å². The third kappa shape index (κ3) is 5.75. The zero-order valence-electron chi connectivity index (χ0n) is 14.7. The third-order valence-electron chi connectivity index (χ3n) is 3.49. The van der Waals surface area contributed by atoms with Crippen molar-refractivity contribution in [3.05, 3.63) is 53.1 Å². The molecule has 2 rings (SSSR count). The van der Waals surface area contributed by atoms with Gasteiger partial charge in [0, 0.05) is 18.4 Å². The highest BCUT2D eigenvalue weighted by Gasteiger charge is 2.10. The number of halogens is 1. The van der Waals surface area contributed by atoms with E-state index in [-0.39, 0.29) is 18.2 Å². The fourth-order valence-electron chi connectivity index (χ4n) is 2.22. The molecule has 0 radical (unpaired) electrons. The van der Waals surface area contributed by atoms with E-state index in [0.29, 0.717) is 40.9 Å². The van der Waals surface area contributed by atoms with E-state index in [0.717, 1.165) is 0 Å². The molecule has 7 heteroatoms. The summed E-state index contributed by atoms with van der Waals surface area (Å²) >= 11 is 6.16. The number of rotatable bonds is 9. The molecule has 0 aliphatic rings. The summed E-state index contributed by atoms with van der Waals surface area (Å²) in [5.74, 6) is 0.155. The van der Waals surface area contributed by atoms with Gasteiger partial charge in [-0.1, -0.05) is 29.8 Å². The number of benzene rings is 2. The van der Waals surface area contributed by atoms with Crippen LogP contribution in [-0.4, -0.2) is 38.6 Å². The maximum Gasteiger partial charge on any atom is 0.243 e. The monoisotopic (exact) mass is 376 g/mol. The van der Waals surface area contributed by atoms with Gasteiger partial charge in [-0.15, -0.1) is 0 Å². The molecule has 0 unspecified atom stereocenters. The van der Waals surface area contributed by atoms with Crippen molar-refractivity contribution < 1.29 is 19.1 Å². The van der Waals surface area contributed by atoms with Crippen molar-refractivity contribution in [1.29, 1.82) is 0 Å². The van der Waals surface area contributed by atoms with Crippen LogP contribution in [0.3, 0.4) is 0 Å². The minimum absolute atomic E-state index is 0.0191. The van der Waals surface area contributed by atoms with E-state index in [9.17, 15) is 9.59 Å². The standard InChI is InChI=1S/C19H21ClN2O4/c1-13(23)14-5-3-6-15(11-14)22-18(24)12-21-17-8-4-7-16(20)19(17)26-10-9-25-2/h3-8,11,21H,9-10,12H2,1-2H3,(H,22,24). The van der Waals surface area contributed by atoms with Gasteiger partial charge in [-0.3, -0.25) is 9.59 Å². The maximum atomic E-state index is 12.2. The molecule has 0 aliphatic carbocycles. The first-order valence-corrected chi connectivity index (χ1v) is 8.44. The Kier molecular flexibility index (Phi) is 7.44. The number of nitrogens with one attached hydrogen (secondary N) is 2. The van der Waals surface area contributed by atoms with Crippen molar-refractivity contribution in [2.45, 2.75) is 6.92 Å². The molecule has 0 fully saturated rings. The lowest BCUT2D eigenvalue weighted by atomic mass is 10.1. The third-order valence-corrected chi connectivity index (χ3v) is 3.79. The van der Waals surface area contributed by atoms with Crippen molar-refractivity contribution in [2.75, 3.05) is 37.5 Å². The highest BCUT2D eigenvalue weighted by atomic mass is 35.5. The van der Waals surface area contributed by atoms with Crippen molar-refractivity contribution in [3.8, 4) is 5.75 Å². The summed E-state index contributed by atoms with van der Waals surface area (Å²) in [6.07, 6.45) is 0. The van der Waals surface area contributed by atoms with Crippen LogP contribution >= 0.6 is 11.6 Å². The first kappa shape index (κ1) is 19.8. The topological polar surface area (TPSA) is 76.7 Å². The highest BCUT2D eigenvalue weighted by Crippen LogP contribution is 2.32. The van der Waals surface area contributed by atoms with Crippen LogP contribution in [0, 0.1) is 0 Å². The van der Waals surface area contributed by atoms with E-state index in [1.54, 1.807) is 49.6 Å². The van der Waals surface area contributed by atoms with Gasteiger partial charge in [0.2, 0.25) is 5.91 Å². The van der Waals surface area contributed by atoms with Crippen LogP contribution in [0.1, 0.15) is 17.3 Å². The Bertz CT molecular complexity index is 780. The van der Waals surface area contributed by atoms with Gasteiger partial charge < -0.3 is 20.1 Å². The van der Waals surface area contributed by atoms with Crippen LogP contribution in [0.2, 0.25) is 5.02 Å². The number of amides is 1. The average Bonchev–Trinajstić information content (AvgIpc) is 2.62. The number of methoxy groups -OCH3 is 1. The molecule has 1 amide bonds. The Morgan fingerprint density at radius 2 is 1.88 bits per heavy atom. The smallest absolute Gasteiger partial charge is 0.243 e. The molecule has 0 bridgehead atoms. The molecule has 0 heterocycles. The van der Waals surface area contributed by atoms with Gasteiger partial charge in [0.1, 0.15) is 6.61 Å². The van der Waals surface area contributed by atoms with Gasteiger partial charge in [-0.25, -0.2) is 0 Å². The molecule has 6 nitrogen and oxygen atoms in total. The van der Waals surface area contributed by atoms with Crippen LogP contribution in [-0.2, 0) is 9.53 Å². The molecule has 2 aromatic rings. The van der Waals surface area contributed by atoms with E-state index in [2.05, 4.69) is 10.6 Å². The number of carbonyl (C=O) groups excluding carboxylic acids is 2. The summed E-state index contributed by atoms with van der Waals surface area (Å²) in [6, 6.07) is 12.0. The van der Waals surface area contributed by atoms with Crippen molar-refractivity contribution >= 4 is 34.7 Å². The van der Waals surface area contributed by atoms with E-state index < -0.39 is 0 Å². The Hall–Kier alpha value is -2.57. The van der Waals surface area contributed by atoms with Gasteiger partial charge in [-0.05, 0) is 31.2 Å². The summed E-state index contributed by atoms with van der Waals surface area (Å²) in [4.78, 5) is 23.6. The molecule has 2 N–H and O–H groups in total. The first-order valence-electron chi connectivity index (χ1n) is 8.06. The molecule has 0 atom stereocenters. The Morgan fingerprint density at radius 1 is 1.12 bits per heavy atom. The predicted octanol–water partition coefficient (Wildman–Crippen LogP) is 3.62. The lowest BCUT2D eigenvalue weighted by Gasteiger charge is -2.14. The van der Waals surface area contributed by atoms with E-state index >= 15 is 0 Å². The molecule has 138 valence electrons. The van der Waals surface area contributed by atoms with Gasteiger partial charge in [0.25, 0.3) is 0 Å². The Labute approximate surface area is 157 Å². The maximum absolute atomic E-state index is 12.2. The molecule has 0 saturated heterocycles. The van der Waals surface area contributed by atoms with Crippen LogP contribution < -0.4 is 15.4 Å². The number of hydrogen-bond donors (Lipinski definition) is 2. The number of para-hydroxylation sites is 1. The van der Waals surface area contributed by atoms with E-state index in [1.807, 2.05) is 0 Å². The average molecular weight is 377 g/mol. The minimum Gasteiger partial charge on any atom is -0.487 e. The number of ketones is 1. The number of Topliss-reactive ketones (excluding diaryl/α,β-unsaturated/α-hetero) is 1. The minimum atomic E-state index is -0.256. The Balaban J connectivity index is 1.98. The molecule has 26 heavy (non-hydrogen) atoms. The number of anilines is 2. The van der Waals surface area contributed by atoms with Crippen molar-refractivity contribution in [2.24, 2.45) is 0 Å². The van der Waals surface area contributed by atoms with Gasteiger partial charge in [-0.2, -0.15) is 0 Å². The first-order chi connectivity index (χ1) is 12.5. The zero-order valence-corrected chi connectivity index (χ0v) is 15.4. The SMILES string of the molecule is COCCOc1c(Cl)cccc1NCC(=O)Nc1cccc(C(C)=O)c1. The summed E-state index contributed by atoms with van der Waals surface area (Å²) in [5.41, 5.74) is 1.72. The van der Waals surface area contributed by atoms with Crippen LogP contribution in [0.5, 0.6) is 5.75 Å².